The summed E-state index contributed by atoms with van der Waals surface area (Å²) in [7, 11) is 0. The number of thiophene rings is 1. The third kappa shape index (κ3) is 3.60. The Morgan fingerprint density at radius 2 is 2.20 bits per heavy atom. The molecule has 1 saturated carbocycles. The van der Waals surface area contributed by atoms with Crippen LogP contribution in [0.2, 0.25) is 0 Å². The van der Waals surface area contributed by atoms with E-state index in [1.165, 1.54) is 11.3 Å². The molecule has 20 heavy (non-hydrogen) atoms. The summed E-state index contributed by atoms with van der Waals surface area (Å²) in [5, 5.41) is 17.8. The molecule has 1 aromatic rings. The van der Waals surface area contributed by atoms with Crippen LogP contribution < -0.4 is 0 Å². The maximum absolute atomic E-state index is 12.4. The Bertz CT molecular complexity index is 537. The van der Waals surface area contributed by atoms with Crippen LogP contribution >= 0.6 is 11.3 Å². The third-order valence-electron chi connectivity index (χ3n) is 3.16. The summed E-state index contributed by atoms with van der Waals surface area (Å²) in [6.07, 6.45) is 2.50. The molecular formula is C15H19NO3S. The van der Waals surface area contributed by atoms with Crippen molar-refractivity contribution in [3.05, 3.63) is 21.4 Å². The number of aliphatic hydroxyl groups is 2. The van der Waals surface area contributed by atoms with Gasteiger partial charge in [-0.05, 0) is 31.4 Å². The molecule has 1 aromatic heterocycles. The molecule has 4 nitrogen and oxygen atoms in total. The molecule has 0 spiro atoms. The van der Waals surface area contributed by atoms with Crippen molar-refractivity contribution in [3.63, 3.8) is 0 Å². The molecule has 2 N–H and O–H groups in total. The molecule has 1 aliphatic carbocycles. The van der Waals surface area contributed by atoms with E-state index in [0.29, 0.717) is 23.9 Å². The highest BCUT2D eigenvalue weighted by molar-refractivity contribution is 7.14. The van der Waals surface area contributed by atoms with Gasteiger partial charge in [0.25, 0.3) is 5.91 Å². The van der Waals surface area contributed by atoms with E-state index in [2.05, 4.69) is 11.8 Å². The largest absolute Gasteiger partial charge is 0.395 e. The number of rotatable bonds is 5. The van der Waals surface area contributed by atoms with Gasteiger partial charge in [0.05, 0.1) is 23.0 Å². The Morgan fingerprint density at radius 3 is 2.80 bits per heavy atom. The highest BCUT2D eigenvalue weighted by Crippen LogP contribution is 2.30. The molecule has 1 aliphatic rings. The topological polar surface area (TPSA) is 60.8 Å². The Kier molecular flexibility index (Phi) is 5.18. The van der Waals surface area contributed by atoms with Crippen LogP contribution in [0.15, 0.2) is 6.07 Å². The average Bonchev–Trinajstić information content (AvgIpc) is 3.20. The quantitative estimate of drug-likeness (QED) is 0.807. The summed E-state index contributed by atoms with van der Waals surface area (Å²) in [5.41, 5.74) is 0.989. The highest BCUT2D eigenvalue weighted by Gasteiger charge is 2.33. The fraction of sp³-hybridized carbons (Fsp3) is 0.533. The molecule has 0 saturated heterocycles. The van der Waals surface area contributed by atoms with Crippen LogP contribution in [0, 0.1) is 18.8 Å². The minimum atomic E-state index is -0.00939. The molecule has 108 valence electrons. The van der Waals surface area contributed by atoms with E-state index >= 15 is 0 Å². The van der Waals surface area contributed by atoms with E-state index in [9.17, 15) is 4.79 Å². The lowest BCUT2D eigenvalue weighted by atomic mass is 10.2. The Hall–Kier alpha value is -1.35. The van der Waals surface area contributed by atoms with Gasteiger partial charge in [-0.25, -0.2) is 0 Å². The smallest absolute Gasteiger partial charge is 0.264 e. The first kappa shape index (κ1) is 15.0. The normalized spacial score (nSPS) is 13.8. The van der Waals surface area contributed by atoms with Crippen molar-refractivity contribution in [3.8, 4) is 11.8 Å². The second-order valence-corrected chi connectivity index (χ2v) is 5.90. The molecule has 0 unspecified atom stereocenters. The molecule has 1 amide bonds. The lowest BCUT2D eigenvalue weighted by molar-refractivity contribution is 0.0712. The van der Waals surface area contributed by atoms with Crippen molar-refractivity contribution in [2.75, 3.05) is 19.8 Å². The first-order valence-electron chi connectivity index (χ1n) is 6.79. The lowest BCUT2D eigenvalue weighted by Gasteiger charge is -2.20. The monoisotopic (exact) mass is 293 g/mol. The Balaban J connectivity index is 2.14. The van der Waals surface area contributed by atoms with E-state index < -0.39 is 0 Å². The zero-order valence-electron chi connectivity index (χ0n) is 11.6. The van der Waals surface area contributed by atoms with Gasteiger partial charge >= 0.3 is 0 Å². The zero-order valence-corrected chi connectivity index (χ0v) is 12.4. The van der Waals surface area contributed by atoms with Gasteiger partial charge in [-0.2, -0.15) is 0 Å². The minimum Gasteiger partial charge on any atom is -0.395 e. The van der Waals surface area contributed by atoms with E-state index in [1.54, 1.807) is 4.90 Å². The van der Waals surface area contributed by atoms with Gasteiger partial charge in [0, 0.05) is 19.0 Å². The van der Waals surface area contributed by atoms with Crippen molar-refractivity contribution in [1.82, 2.24) is 4.90 Å². The van der Waals surface area contributed by atoms with Crippen LogP contribution in [0.4, 0.5) is 0 Å². The highest BCUT2D eigenvalue weighted by atomic mass is 32.1. The zero-order chi connectivity index (χ0) is 14.5. The van der Waals surface area contributed by atoms with Crippen LogP contribution in [0.3, 0.4) is 0 Å². The van der Waals surface area contributed by atoms with Gasteiger partial charge in [-0.15, -0.1) is 11.3 Å². The molecule has 0 bridgehead atoms. The predicted octanol–water partition coefficient (Wildman–Crippen LogP) is 1.39. The van der Waals surface area contributed by atoms with Gasteiger partial charge in [-0.3, -0.25) is 4.79 Å². The molecular weight excluding hydrogens is 274 g/mol. The van der Waals surface area contributed by atoms with Crippen molar-refractivity contribution in [2.24, 2.45) is 0 Å². The van der Waals surface area contributed by atoms with Crippen LogP contribution in [0.5, 0.6) is 0 Å². The summed E-state index contributed by atoms with van der Waals surface area (Å²) in [6.45, 7) is 2.38. The van der Waals surface area contributed by atoms with Gasteiger partial charge < -0.3 is 15.1 Å². The molecule has 5 heteroatoms. The van der Waals surface area contributed by atoms with Crippen molar-refractivity contribution >= 4 is 17.2 Å². The van der Waals surface area contributed by atoms with Crippen molar-refractivity contribution in [2.45, 2.75) is 32.2 Å². The molecule has 1 heterocycles. The fourth-order valence-corrected chi connectivity index (χ4v) is 3.00. The van der Waals surface area contributed by atoms with E-state index in [-0.39, 0.29) is 19.1 Å². The third-order valence-corrected chi connectivity index (χ3v) is 4.30. The number of aliphatic hydroxyl groups excluding tert-OH is 2. The summed E-state index contributed by atoms with van der Waals surface area (Å²) in [5.74, 6) is 5.86. The van der Waals surface area contributed by atoms with Crippen LogP contribution in [0.25, 0.3) is 0 Å². The molecule has 1 fully saturated rings. The van der Waals surface area contributed by atoms with Crippen LogP contribution in [-0.2, 0) is 0 Å². The summed E-state index contributed by atoms with van der Waals surface area (Å²) >= 11 is 1.39. The van der Waals surface area contributed by atoms with Gasteiger partial charge in [0.15, 0.2) is 0 Å². The number of nitrogens with zero attached hydrogens (tertiary/aromatic N) is 1. The number of hydrogen-bond donors (Lipinski definition) is 2. The Labute approximate surface area is 123 Å². The lowest BCUT2D eigenvalue weighted by Crippen LogP contribution is -2.35. The van der Waals surface area contributed by atoms with Gasteiger partial charge in [-0.1, -0.05) is 11.8 Å². The minimum absolute atomic E-state index is 0.00421. The fourth-order valence-electron chi connectivity index (χ4n) is 2.00. The molecule has 2 rings (SSSR count). The number of carbonyl (C=O) groups excluding carboxylic acids is 1. The SMILES string of the molecule is Cc1cc(C(=O)N(CCO)C2CC2)sc1C#CCCO. The first-order valence-corrected chi connectivity index (χ1v) is 7.61. The maximum Gasteiger partial charge on any atom is 0.264 e. The number of hydrogen-bond acceptors (Lipinski definition) is 4. The number of amides is 1. The maximum atomic E-state index is 12.4. The second-order valence-electron chi connectivity index (χ2n) is 4.85. The molecule has 0 aromatic carbocycles. The van der Waals surface area contributed by atoms with Gasteiger partial charge in [0.1, 0.15) is 0 Å². The van der Waals surface area contributed by atoms with Gasteiger partial charge in [0.2, 0.25) is 0 Å². The number of aryl methyl sites for hydroxylation is 1. The second kappa shape index (κ2) is 6.89. The van der Waals surface area contributed by atoms with Crippen LogP contribution in [0.1, 0.15) is 39.4 Å². The van der Waals surface area contributed by atoms with E-state index in [1.807, 2.05) is 13.0 Å². The van der Waals surface area contributed by atoms with Crippen molar-refractivity contribution < 1.29 is 15.0 Å². The molecule has 0 radical (unpaired) electrons. The summed E-state index contributed by atoms with van der Waals surface area (Å²) in [4.78, 5) is 15.8. The number of carbonyl (C=O) groups is 1. The average molecular weight is 293 g/mol. The predicted molar refractivity (Wildman–Crippen MR) is 78.8 cm³/mol. The first-order chi connectivity index (χ1) is 9.67. The van der Waals surface area contributed by atoms with Crippen molar-refractivity contribution in [1.29, 1.82) is 0 Å². The molecule has 0 aliphatic heterocycles. The van der Waals surface area contributed by atoms with E-state index in [0.717, 1.165) is 23.3 Å². The molecule has 0 atom stereocenters. The van der Waals surface area contributed by atoms with Crippen LogP contribution in [-0.4, -0.2) is 46.8 Å². The summed E-state index contributed by atoms with van der Waals surface area (Å²) < 4.78 is 0. The van der Waals surface area contributed by atoms with E-state index in [4.69, 9.17) is 10.2 Å². The summed E-state index contributed by atoms with van der Waals surface area (Å²) in [6, 6.07) is 2.16. The Morgan fingerprint density at radius 1 is 1.45 bits per heavy atom. The standard InChI is InChI=1S/C15H19NO3S/c1-11-10-14(20-13(11)4-2-3-8-17)15(19)16(7-9-18)12-5-6-12/h10,12,17-18H,3,5-9H2,1H3.